The van der Waals surface area contributed by atoms with E-state index in [4.69, 9.17) is 0 Å². The van der Waals surface area contributed by atoms with E-state index >= 15 is 0 Å². The van der Waals surface area contributed by atoms with E-state index in [1.54, 1.807) is 6.07 Å². The number of aromatic nitrogens is 2. The van der Waals surface area contributed by atoms with Crippen LogP contribution in [-0.4, -0.2) is 22.4 Å². The molecular formula is C20H20BrN5O. The van der Waals surface area contributed by atoms with Crippen molar-refractivity contribution < 1.29 is 4.79 Å². The molecule has 2 aromatic carbocycles. The number of carbonyl (C=O) groups excluding carboxylic acids is 1. The third-order valence-corrected chi connectivity index (χ3v) is 4.42. The lowest BCUT2D eigenvalue weighted by molar-refractivity contribution is 0.102. The number of rotatable bonds is 6. The van der Waals surface area contributed by atoms with Crippen molar-refractivity contribution in [2.75, 3.05) is 22.5 Å². The van der Waals surface area contributed by atoms with Crippen LogP contribution in [0.2, 0.25) is 0 Å². The first-order chi connectivity index (χ1) is 13.0. The van der Waals surface area contributed by atoms with E-state index < -0.39 is 0 Å². The lowest BCUT2D eigenvalue weighted by Gasteiger charge is -2.11. The van der Waals surface area contributed by atoms with Crippen LogP contribution < -0.4 is 16.0 Å². The van der Waals surface area contributed by atoms with E-state index in [1.165, 1.54) is 0 Å². The van der Waals surface area contributed by atoms with Gasteiger partial charge in [0.25, 0.3) is 5.91 Å². The van der Waals surface area contributed by atoms with Gasteiger partial charge in [0.2, 0.25) is 0 Å². The van der Waals surface area contributed by atoms with E-state index in [9.17, 15) is 4.79 Å². The summed E-state index contributed by atoms with van der Waals surface area (Å²) in [5, 5.41) is 9.33. The topological polar surface area (TPSA) is 78.9 Å². The summed E-state index contributed by atoms with van der Waals surface area (Å²) in [5.41, 5.74) is 2.18. The van der Waals surface area contributed by atoms with Gasteiger partial charge in [-0.2, -0.15) is 0 Å². The Labute approximate surface area is 166 Å². The predicted molar refractivity (Wildman–Crippen MR) is 113 cm³/mol. The molecule has 6 nitrogen and oxygen atoms in total. The normalized spacial score (nSPS) is 10.3. The van der Waals surface area contributed by atoms with Crippen LogP contribution >= 0.6 is 15.9 Å². The molecule has 0 fully saturated rings. The van der Waals surface area contributed by atoms with Crippen LogP contribution in [0.15, 0.2) is 59.1 Å². The molecule has 27 heavy (non-hydrogen) atoms. The maximum Gasteiger partial charge on any atom is 0.256 e. The third kappa shape index (κ3) is 5.04. The minimum Gasteiger partial charge on any atom is -0.370 e. The Morgan fingerprint density at radius 1 is 1.00 bits per heavy atom. The molecule has 3 rings (SSSR count). The van der Waals surface area contributed by atoms with Gasteiger partial charge in [0.05, 0.1) is 5.56 Å². The molecule has 138 valence electrons. The van der Waals surface area contributed by atoms with Crippen molar-refractivity contribution in [1.82, 2.24) is 9.97 Å². The molecule has 0 atom stereocenters. The van der Waals surface area contributed by atoms with Crippen LogP contribution in [0.25, 0.3) is 0 Å². The van der Waals surface area contributed by atoms with E-state index in [-0.39, 0.29) is 5.91 Å². The fraction of sp³-hybridized carbons (Fsp3) is 0.150. The summed E-state index contributed by atoms with van der Waals surface area (Å²) in [6.07, 6.45) is 0. The molecule has 0 aliphatic rings. The second-order valence-electron chi connectivity index (χ2n) is 5.85. The molecular weight excluding hydrogens is 406 g/mol. The molecule has 0 aliphatic heterocycles. The van der Waals surface area contributed by atoms with Crippen molar-refractivity contribution in [3.05, 3.63) is 70.5 Å². The van der Waals surface area contributed by atoms with E-state index in [2.05, 4.69) is 41.8 Å². The van der Waals surface area contributed by atoms with Crippen LogP contribution in [-0.2, 0) is 0 Å². The number of hydrogen-bond acceptors (Lipinski definition) is 5. The average Bonchev–Trinajstić information content (AvgIpc) is 2.63. The highest BCUT2D eigenvalue weighted by Crippen LogP contribution is 2.21. The fourth-order valence-electron chi connectivity index (χ4n) is 2.53. The van der Waals surface area contributed by atoms with Gasteiger partial charge in [-0.3, -0.25) is 4.79 Å². The van der Waals surface area contributed by atoms with Gasteiger partial charge in [0, 0.05) is 28.5 Å². The molecule has 0 aliphatic carbocycles. The van der Waals surface area contributed by atoms with Gasteiger partial charge in [-0.05, 0) is 66.2 Å². The van der Waals surface area contributed by atoms with E-state index in [0.29, 0.717) is 22.9 Å². The summed E-state index contributed by atoms with van der Waals surface area (Å²) in [6, 6.07) is 16.6. The van der Waals surface area contributed by atoms with Gasteiger partial charge in [0.1, 0.15) is 17.5 Å². The maximum absolute atomic E-state index is 12.4. The second-order valence-corrected chi connectivity index (χ2v) is 6.71. The van der Waals surface area contributed by atoms with Crippen LogP contribution in [0.1, 0.15) is 23.1 Å². The largest absolute Gasteiger partial charge is 0.370 e. The molecule has 3 aromatic rings. The zero-order valence-corrected chi connectivity index (χ0v) is 16.7. The number of carbonyl (C=O) groups is 1. The van der Waals surface area contributed by atoms with Crippen molar-refractivity contribution in [3.8, 4) is 0 Å². The first-order valence-electron chi connectivity index (χ1n) is 8.57. The number of aryl methyl sites for hydroxylation is 1. The van der Waals surface area contributed by atoms with Gasteiger partial charge in [-0.25, -0.2) is 9.97 Å². The van der Waals surface area contributed by atoms with Crippen LogP contribution in [0.5, 0.6) is 0 Å². The molecule has 0 radical (unpaired) electrons. The monoisotopic (exact) mass is 425 g/mol. The van der Waals surface area contributed by atoms with Crippen molar-refractivity contribution >= 4 is 44.8 Å². The molecule has 0 saturated heterocycles. The van der Waals surface area contributed by atoms with Gasteiger partial charge in [-0.1, -0.05) is 12.1 Å². The number of hydrogen-bond donors (Lipinski definition) is 3. The molecule has 0 bridgehead atoms. The molecule has 0 saturated carbocycles. The number of nitrogens with zero attached hydrogens (tertiary/aromatic N) is 2. The Morgan fingerprint density at radius 2 is 1.67 bits per heavy atom. The number of halogens is 1. The van der Waals surface area contributed by atoms with Gasteiger partial charge in [0.15, 0.2) is 0 Å². The Kier molecular flexibility index (Phi) is 6.03. The zero-order valence-electron chi connectivity index (χ0n) is 15.1. The minimum absolute atomic E-state index is 0.162. The summed E-state index contributed by atoms with van der Waals surface area (Å²) in [4.78, 5) is 21.1. The smallest absolute Gasteiger partial charge is 0.256 e. The Hall–Kier alpha value is -2.93. The molecule has 1 aromatic heterocycles. The highest BCUT2D eigenvalue weighted by atomic mass is 79.9. The van der Waals surface area contributed by atoms with Crippen LogP contribution in [0.4, 0.5) is 23.0 Å². The summed E-state index contributed by atoms with van der Waals surface area (Å²) in [7, 11) is 0. The Morgan fingerprint density at radius 3 is 2.37 bits per heavy atom. The van der Waals surface area contributed by atoms with Crippen molar-refractivity contribution in [3.63, 3.8) is 0 Å². The molecule has 1 amide bonds. The lowest BCUT2D eigenvalue weighted by atomic mass is 10.2. The zero-order chi connectivity index (χ0) is 19.2. The van der Waals surface area contributed by atoms with Crippen molar-refractivity contribution in [2.45, 2.75) is 13.8 Å². The molecule has 0 unspecified atom stereocenters. The third-order valence-electron chi connectivity index (χ3n) is 3.73. The fourth-order valence-corrected chi connectivity index (χ4v) is 3.00. The highest BCUT2D eigenvalue weighted by molar-refractivity contribution is 9.10. The van der Waals surface area contributed by atoms with Crippen LogP contribution in [0.3, 0.4) is 0 Å². The Bertz CT molecular complexity index is 943. The maximum atomic E-state index is 12.4. The van der Waals surface area contributed by atoms with Gasteiger partial charge in [-0.15, -0.1) is 0 Å². The van der Waals surface area contributed by atoms with Gasteiger partial charge < -0.3 is 16.0 Å². The number of amides is 1. The van der Waals surface area contributed by atoms with E-state index in [1.807, 2.05) is 62.4 Å². The standard InChI is InChI=1S/C20H20BrN5O/c1-3-22-18-12-19(24-13(2)23-18)25-14-8-10-15(11-9-14)26-20(27)16-6-4-5-7-17(16)21/h4-12H,3H2,1-2H3,(H,26,27)(H2,22,23,24,25). The number of anilines is 4. The summed E-state index contributed by atoms with van der Waals surface area (Å²) in [5.74, 6) is 2.02. The molecule has 3 N–H and O–H groups in total. The number of nitrogens with one attached hydrogen (secondary N) is 3. The van der Waals surface area contributed by atoms with Gasteiger partial charge >= 0.3 is 0 Å². The minimum atomic E-state index is -0.162. The summed E-state index contributed by atoms with van der Waals surface area (Å²) < 4.78 is 0.761. The van der Waals surface area contributed by atoms with Crippen LogP contribution in [0, 0.1) is 6.92 Å². The quantitative estimate of drug-likeness (QED) is 0.519. The summed E-state index contributed by atoms with van der Waals surface area (Å²) >= 11 is 3.39. The van der Waals surface area contributed by atoms with Crippen molar-refractivity contribution in [2.24, 2.45) is 0 Å². The molecule has 7 heteroatoms. The number of benzene rings is 2. The Balaban J connectivity index is 1.69. The summed E-state index contributed by atoms with van der Waals surface area (Å²) in [6.45, 7) is 4.67. The van der Waals surface area contributed by atoms with E-state index in [0.717, 1.165) is 22.5 Å². The second kappa shape index (κ2) is 8.64. The lowest BCUT2D eigenvalue weighted by Crippen LogP contribution is -2.12. The molecule has 0 spiro atoms. The average molecular weight is 426 g/mol. The predicted octanol–water partition coefficient (Wildman–Crippen LogP) is 4.98. The first-order valence-corrected chi connectivity index (χ1v) is 9.37. The first kappa shape index (κ1) is 18.8. The highest BCUT2D eigenvalue weighted by Gasteiger charge is 2.09. The van der Waals surface area contributed by atoms with Crippen molar-refractivity contribution in [1.29, 1.82) is 0 Å². The molecule has 1 heterocycles. The SMILES string of the molecule is CCNc1cc(Nc2ccc(NC(=O)c3ccccc3Br)cc2)nc(C)n1.